The van der Waals surface area contributed by atoms with Crippen molar-refractivity contribution in [2.24, 2.45) is 0 Å². The number of amides is 1. The van der Waals surface area contributed by atoms with Crippen molar-refractivity contribution in [2.75, 3.05) is 13.2 Å². The monoisotopic (exact) mass is 411 g/mol. The predicted octanol–water partition coefficient (Wildman–Crippen LogP) is 4.14. The number of ether oxygens (including phenoxy) is 3. The van der Waals surface area contributed by atoms with Gasteiger partial charge in [0.05, 0.1) is 0 Å². The van der Waals surface area contributed by atoms with E-state index in [2.05, 4.69) is 5.32 Å². The molecule has 2 aromatic carbocycles. The number of nitrogens with one attached hydrogen (secondary N) is 1. The molecule has 0 aliphatic heterocycles. The van der Waals surface area contributed by atoms with Crippen molar-refractivity contribution in [1.82, 2.24) is 5.32 Å². The zero-order valence-corrected chi connectivity index (χ0v) is 17.3. The molecule has 30 heavy (non-hydrogen) atoms. The van der Waals surface area contributed by atoms with Crippen LogP contribution >= 0.6 is 0 Å². The van der Waals surface area contributed by atoms with Crippen LogP contribution in [0.25, 0.3) is 0 Å². The normalized spacial score (nSPS) is 15.1. The summed E-state index contributed by atoms with van der Waals surface area (Å²) < 4.78 is 16.7. The van der Waals surface area contributed by atoms with Crippen LogP contribution in [-0.2, 0) is 9.53 Å². The van der Waals surface area contributed by atoms with Crippen molar-refractivity contribution in [2.45, 2.75) is 51.2 Å². The molecule has 1 fully saturated rings. The number of benzene rings is 2. The van der Waals surface area contributed by atoms with Gasteiger partial charge in [-0.2, -0.15) is 0 Å². The maximum atomic E-state index is 12.6. The molecule has 0 radical (unpaired) electrons. The van der Waals surface area contributed by atoms with Crippen molar-refractivity contribution >= 4 is 11.9 Å². The van der Waals surface area contributed by atoms with Gasteiger partial charge in [0.25, 0.3) is 5.91 Å². The van der Waals surface area contributed by atoms with Crippen LogP contribution in [0, 0.1) is 0 Å². The van der Waals surface area contributed by atoms with Crippen molar-refractivity contribution in [3.8, 4) is 11.5 Å². The molecule has 2 aromatic rings. The molecule has 1 amide bonds. The lowest BCUT2D eigenvalue weighted by molar-refractivity contribution is -0.130. The molecule has 1 atom stereocenters. The molecule has 3 rings (SSSR count). The Bertz CT molecular complexity index is 817. The highest BCUT2D eigenvalue weighted by atomic mass is 16.6. The van der Waals surface area contributed by atoms with Gasteiger partial charge in [-0.3, -0.25) is 4.79 Å². The van der Waals surface area contributed by atoms with Gasteiger partial charge in [-0.05, 0) is 44.0 Å². The van der Waals surface area contributed by atoms with Crippen molar-refractivity contribution in [3.05, 3.63) is 60.2 Å². The minimum Gasteiger partial charge on any atom is -0.490 e. The Hall–Kier alpha value is -3.02. The van der Waals surface area contributed by atoms with E-state index in [0.717, 1.165) is 31.4 Å². The first kappa shape index (κ1) is 21.7. The number of hydrogen-bond acceptors (Lipinski definition) is 5. The van der Waals surface area contributed by atoms with Gasteiger partial charge in [0, 0.05) is 6.04 Å². The van der Waals surface area contributed by atoms with E-state index >= 15 is 0 Å². The SMILES string of the molecule is CC(OC(=O)c1ccccc1OCCOc1ccccc1)C(=O)NC1CCCCC1. The standard InChI is InChI=1S/C24H29NO5/c1-18(23(26)25-19-10-4-2-5-11-19)30-24(27)21-14-8-9-15-22(21)29-17-16-28-20-12-6-3-7-13-20/h3,6-9,12-15,18-19H,2,4-5,10-11,16-17H2,1H3,(H,25,26). The number of hydrogen-bond donors (Lipinski definition) is 1. The summed E-state index contributed by atoms with van der Waals surface area (Å²) in [4.78, 5) is 25.0. The maximum absolute atomic E-state index is 12.6. The summed E-state index contributed by atoms with van der Waals surface area (Å²) in [5.41, 5.74) is 0.287. The van der Waals surface area contributed by atoms with E-state index in [-0.39, 0.29) is 24.1 Å². The van der Waals surface area contributed by atoms with E-state index in [0.29, 0.717) is 12.4 Å². The molecular weight excluding hydrogens is 382 g/mol. The van der Waals surface area contributed by atoms with Crippen LogP contribution in [0.3, 0.4) is 0 Å². The van der Waals surface area contributed by atoms with Crippen LogP contribution in [0.4, 0.5) is 0 Å². The minimum atomic E-state index is -0.867. The van der Waals surface area contributed by atoms with Crippen LogP contribution in [0.2, 0.25) is 0 Å². The Balaban J connectivity index is 1.49. The number of para-hydroxylation sites is 2. The smallest absolute Gasteiger partial charge is 0.342 e. The summed E-state index contributed by atoms with van der Waals surface area (Å²) in [7, 11) is 0. The summed E-state index contributed by atoms with van der Waals surface area (Å²) in [6, 6.07) is 16.5. The Kier molecular flexibility index (Phi) is 8.12. The molecule has 160 valence electrons. The first-order valence-corrected chi connectivity index (χ1v) is 10.5. The average molecular weight is 411 g/mol. The number of carbonyl (C=O) groups excluding carboxylic acids is 2. The van der Waals surface area contributed by atoms with E-state index in [9.17, 15) is 9.59 Å². The zero-order chi connectivity index (χ0) is 21.2. The highest BCUT2D eigenvalue weighted by Gasteiger charge is 2.24. The largest absolute Gasteiger partial charge is 0.490 e. The summed E-state index contributed by atoms with van der Waals surface area (Å²) in [6.45, 7) is 2.21. The Morgan fingerprint density at radius 2 is 1.60 bits per heavy atom. The minimum absolute atomic E-state index is 0.174. The lowest BCUT2D eigenvalue weighted by Gasteiger charge is -2.24. The molecule has 0 heterocycles. The topological polar surface area (TPSA) is 73.9 Å². The molecule has 6 heteroatoms. The summed E-state index contributed by atoms with van der Waals surface area (Å²) in [5.74, 6) is 0.316. The van der Waals surface area contributed by atoms with Crippen molar-refractivity contribution in [1.29, 1.82) is 0 Å². The summed E-state index contributed by atoms with van der Waals surface area (Å²) >= 11 is 0. The molecule has 1 N–H and O–H groups in total. The van der Waals surface area contributed by atoms with E-state index in [1.54, 1.807) is 31.2 Å². The number of carbonyl (C=O) groups is 2. The molecule has 1 aliphatic rings. The van der Waals surface area contributed by atoms with Gasteiger partial charge in [-0.25, -0.2) is 4.79 Å². The molecule has 1 aliphatic carbocycles. The van der Waals surface area contributed by atoms with Gasteiger partial charge in [0.15, 0.2) is 6.10 Å². The number of rotatable bonds is 9. The second kappa shape index (κ2) is 11.2. The van der Waals surface area contributed by atoms with E-state index < -0.39 is 12.1 Å². The fourth-order valence-corrected chi connectivity index (χ4v) is 3.43. The molecule has 1 unspecified atom stereocenters. The van der Waals surface area contributed by atoms with Gasteiger partial charge in [0.1, 0.15) is 30.3 Å². The Morgan fingerprint density at radius 1 is 0.933 bits per heavy atom. The molecule has 0 saturated heterocycles. The van der Waals surface area contributed by atoms with E-state index in [1.807, 2.05) is 30.3 Å². The Labute approximate surface area is 177 Å². The molecular formula is C24H29NO5. The van der Waals surface area contributed by atoms with Crippen LogP contribution in [0.5, 0.6) is 11.5 Å². The third-order valence-corrected chi connectivity index (χ3v) is 5.06. The van der Waals surface area contributed by atoms with Crippen LogP contribution < -0.4 is 14.8 Å². The summed E-state index contributed by atoms with van der Waals surface area (Å²) in [5, 5.41) is 2.98. The van der Waals surface area contributed by atoms with Crippen LogP contribution in [0.1, 0.15) is 49.4 Å². The van der Waals surface area contributed by atoms with Gasteiger partial charge in [0.2, 0.25) is 0 Å². The second-order valence-corrected chi connectivity index (χ2v) is 7.40. The summed E-state index contributed by atoms with van der Waals surface area (Å²) in [6.07, 6.45) is 4.55. The molecule has 6 nitrogen and oxygen atoms in total. The van der Waals surface area contributed by atoms with Crippen LogP contribution in [-0.4, -0.2) is 37.2 Å². The molecule has 0 spiro atoms. The second-order valence-electron chi connectivity index (χ2n) is 7.40. The molecule has 0 aromatic heterocycles. The average Bonchev–Trinajstić information content (AvgIpc) is 2.78. The number of esters is 1. The van der Waals surface area contributed by atoms with Gasteiger partial charge in [-0.15, -0.1) is 0 Å². The fraction of sp³-hybridized carbons (Fsp3) is 0.417. The first-order chi connectivity index (χ1) is 14.6. The quantitative estimate of drug-likeness (QED) is 0.496. The van der Waals surface area contributed by atoms with Crippen molar-refractivity contribution < 1.29 is 23.8 Å². The van der Waals surface area contributed by atoms with Crippen LogP contribution in [0.15, 0.2) is 54.6 Å². The van der Waals surface area contributed by atoms with Gasteiger partial charge < -0.3 is 19.5 Å². The lowest BCUT2D eigenvalue weighted by Crippen LogP contribution is -2.42. The van der Waals surface area contributed by atoms with Gasteiger partial charge >= 0.3 is 5.97 Å². The third kappa shape index (κ3) is 6.51. The lowest BCUT2D eigenvalue weighted by atomic mass is 9.95. The first-order valence-electron chi connectivity index (χ1n) is 10.5. The fourth-order valence-electron chi connectivity index (χ4n) is 3.43. The molecule has 0 bridgehead atoms. The molecule has 1 saturated carbocycles. The highest BCUT2D eigenvalue weighted by Crippen LogP contribution is 2.21. The van der Waals surface area contributed by atoms with E-state index in [1.165, 1.54) is 6.42 Å². The Morgan fingerprint density at radius 3 is 2.37 bits per heavy atom. The van der Waals surface area contributed by atoms with Crippen molar-refractivity contribution in [3.63, 3.8) is 0 Å². The van der Waals surface area contributed by atoms with Gasteiger partial charge in [-0.1, -0.05) is 49.6 Å². The zero-order valence-electron chi connectivity index (χ0n) is 17.3. The predicted molar refractivity (Wildman–Crippen MR) is 114 cm³/mol. The maximum Gasteiger partial charge on any atom is 0.342 e. The highest BCUT2D eigenvalue weighted by molar-refractivity contribution is 5.94. The van der Waals surface area contributed by atoms with E-state index in [4.69, 9.17) is 14.2 Å². The third-order valence-electron chi connectivity index (χ3n) is 5.06.